The lowest BCUT2D eigenvalue weighted by Crippen LogP contribution is -2.37. The van der Waals surface area contributed by atoms with Crippen molar-refractivity contribution in [3.63, 3.8) is 0 Å². The van der Waals surface area contributed by atoms with Gasteiger partial charge in [0.2, 0.25) is 0 Å². The summed E-state index contributed by atoms with van der Waals surface area (Å²) in [5.41, 5.74) is 10.4. The summed E-state index contributed by atoms with van der Waals surface area (Å²) in [7, 11) is 0. The van der Waals surface area contributed by atoms with Crippen molar-refractivity contribution in [2.75, 3.05) is 18.8 Å². The molecule has 4 nitrogen and oxygen atoms in total. The van der Waals surface area contributed by atoms with Gasteiger partial charge in [0.05, 0.1) is 5.56 Å². The Balaban J connectivity index is 1.54. The van der Waals surface area contributed by atoms with E-state index in [1.807, 2.05) is 32.0 Å². The molecule has 0 unspecified atom stereocenters. The molecule has 1 heterocycles. The lowest BCUT2D eigenvalue weighted by atomic mass is 10.0. The van der Waals surface area contributed by atoms with E-state index in [-0.39, 0.29) is 12.1 Å². The van der Waals surface area contributed by atoms with Crippen molar-refractivity contribution in [2.45, 2.75) is 39.3 Å². The maximum absolute atomic E-state index is 12.5. The summed E-state index contributed by atoms with van der Waals surface area (Å²) >= 11 is 0. The number of aryl methyl sites for hydroxylation is 1. The molecular weight excluding hydrogens is 312 g/mol. The van der Waals surface area contributed by atoms with E-state index in [0.717, 1.165) is 43.6 Å². The Bertz CT molecular complexity index is 735. The molecule has 0 saturated carbocycles. The van der Waals surface area contributed by atoms with Crippen molar-refractivity contribution in [1.82, 2.24) is 4.90 Å². The largest absolute Gasteiger partial charge is 0.459 e. The van der Waals surface area contributed by atoms with Crippen LogP contribution in [0.3, 0.4) is 0 Å². The van der Waals surface area contributed by atoms with E-state index in [9.17, 15) is 4.79 Å². The molecule has 0 amide bonds. The van der Waals surface area contributed by atoms with Gasteiger partial charge in [-0.2, -0.15) is 0 Å². The first-order chi connectivity index (χ1) is 12.0. The Hall–Kier alpha value is -2.33. The van der Waals surface area contributed by atoms with Crippen LogP contribution in [0.4, 0.5) is 5.69 Å². The van der Waals surface area contributed by atoms with Gasteiger partial charge in [0.25, 0.3) is 0 Å². The van der Waals surface area contributed by atoms with Gasteiger partial charge >= 0.3 is 5.97 Å². The first-order valence-electron chi connectivity index (χ1n) is 8.87. The van der Waals surface area contributed by atoms with E-state index in [2.05, 4.69) is 29.2 Å². The molecule has 0 atom stereocenters. The van der Waals surface area contributed by atoms with Gasteiger partial charge in [-0.25, -0.2) is 4.79 Å². The highest BCUT2D eigenvalue weighted by atomic mass is 16.5. The molecule has 0 aromatic heterocycles. The highest BCUT2D eigenvalue weighted by molar-refractivity contribution is 5.93. The van der Waals surface area contributed by atoms with Gasteiger partial charge in [0, 0.05) is 25.3 Å². The van der Waals surface area contributed by atoms with E-state index in [0.29, 0.717) is 11.3 Å². The quantitative estimate of drug-likeness (QED) is 0.682. The fourth-order valence-corrected chi connectivity index (χ4v) is 3.33. The summed E-state index contributed by atoms with van der Waals surface area (Å²) in [4.78, 5) is 14.9. The fourth-order valence-electron chi connectivity index (χ4n) is 3.33. The average molecular weight is 338 g/mol. The molecule has 0 aliphatic carbocycles. The number of likely N-dealkylation sites (tertiary alicyclic amines) is 1. The number of ether oxygens (including phenoxy) is 1. The topological polar surface area (TPSA) is 55.6 Å². The monoisotopic (exact) mass is 338 g/mol. The molecule has 2 aromatic rings. The number of carbonyl (C=O) groups excluding carboxylic acids is 1. The standard InChI is InChI=1S/C21H26N2O2/c1-15-8-9-19(16(2)20(15)22)21(24)25-18-10-12-23(13-11-18)14-17-6-4-3-5-7-17/h3-9,18H,10-14,22H2,1-2H3. The molecule has 1 aliphatic heterocycles. The second kappa shape index (κ2) is 7.70. The van der Waals surface area contributed by atoms with Crippen molar-refractivity contribution in [3.05, 3.63) is 64.7 Å². The average Bonchev–Trinajstić information content (AvgIpc) is 2.62. The lowest BCUT2D eigenvalue weighted by molar-refractivity contribution is 0.0103. The Morgan fingerprint density at radius 3 is 2.48 bits per heavy atom. The van der Waals surface area contributed by atoms with E-state index in [1.165, 1.54) is 5.56 Å². The van der Waals surface area contributed by atoms with Gasteiger partial charge in [0.1, 0.15) is 6.10 Å². The SMILES string of the molecule is Cc1ccc(C(=O)OC2CCN(Cc3ccccc3)CC2)c(C)c1N. The zero-order chi connectivity index (χ0) is 17.8. The highest BCUT2D eigenvalue weighted by Gasteiger charge is 2.24. The van der Waals surface area contributed by atoms with Crippen molar-refractivity contribution in [2.24, 2.45) is 0 Å². The Labute approximate surface area is 149 Å². The number of hydrogen-bond acceptors (Lipinski definition) is 4. The number of piperidine rings is 1. The van der Waals surface area contributed by atoms with Crippen molar-refractivity contribution < 1.29 is 9.53 Å². The number of esters is 1. The van der Waals surface area contributed by atoms with Gasteiger partial charge in [-0.3, -0.25) is 4.90 Å². The van der Waals surface area contributed by atoms with Crippen LogP contribution in [0, 0.1) is 13.8 Å². The molecule has 2 aromatic carbocycles. The minimum absolute atomic E-state index is 0.0125. The van der Waals surface area contributed by atoms with E-state index in [4.69, 9.17) is 10.5 Å². The summed E-state index contributed by atoms with van der Waals surface area (Å²) in [6, 6.07) is 14.2. The number of anilines is 1. The molecule has 132 valence electrons. The normalized spacial score (nSPS) is 15.9. The van der Waals surface area contributed by atoms with Crippen LogP contribution in [0.2, 0.25) is 0 Å². The number of nitrogens with two attached hydrogens (primary N) is 1. The van der Waals surface area contributed by atoms with Crippen LogP contribution in [0.5, 0.6) is 0 Å². The summed E-state index contributed by atoms with van der Waals surface area (Å²) in [6.07, 6.45) is 1.74. The van der Waals surface area contributed by atoms with Crippen molar-refractivity contribution in [1.29, 1.82) is 0 Å². The van der Waals surface area contributed by atoms with Gasteiger partial charge in [-0.1, -0.05) is 36.4 Å². The van der Waals surface area contributed by atoms with Crippen LogP contribution >= 0.6 is 0 Å². The number of hydrogen-bond donors (Lipinski definition) is 1. The highest BCUT2D eigenvalue weighted by Crippen LogP contribution is 2.23. The van der Waals surface area contributed by atoms with E-state index in [1.54, 1.807) is 0 Å². The number of benzene rings is 2. The molecular formula is C21H26N2O2. The number of nitrogen functional groups attached to an aromatic ring is 1. The molecule has 0 radical (unpaired) electrons. The molecule has 4 heteroatoms. The van der Waals surface area contributed by atoms with E-state index >= 15 is 0 Å². The Morgan fingerprint density at radius 1 is 1.12 bits per heavy atom. The minimum atomic E-state index is -0.259. The number of carbonyl (C=O) groups is 1. The molecule has 2 N–H and O–H groups in total. The lowest BCUT2D eigenvalue weighted by Gasteiger charge is -2.31. The molecule has 25 heavy (non-hydrogen) atoms. The third-order valence-corrected chi connectivity index (χ3v) is 5.01. The molecule has 0 bridgehead atoms. The second-order valence-electron chi connectivity index (χ2n) is 6.84. The Kier molecular flexibility index (Phi) is 5.39. The van der Waals surface area contributed by atoms with Gasteiger partial charge in [0.15, 0.2) is 0 Å². The molecule has 1 saturated heterocycles. The summed E-state index contributed by atoms with van der Waals surface area (Å²) < 4.78 is 5.73. The first-order valence-corrected chi connectivity index (χ1v) is 8.87. The zero-order valence-electron chi connectivity index (χ0n) is 15.0. The Morgan fingerprint density at radius 2 is 1.80 bits per heavy atom. The van der Waals surface area contributed by atoms with Crippen LogP contribution in [0.15, 0.2) is 42.5 Å². The van der Waals surface area contributed by atoms with Gasteiger partial charge in [-0.05, 0) is 49.4 Å². The minimum Gasteiger partial charge on any atom is -0.459 e. The maximum Gasteiger partial charge on any atom is 0.338 e. The molecule has 1 fully saturated rings. The predicted octanol–water partition coefficient (Wildman–Crippen LogP) is 3.71. The molecule has 1 aliphatic rings. The zero-order valence-corrected chi connectivity index (χ0v) is 15.0. The van der Waals surface area contributed by atoms with Crippen LogP contribution < -0.4 is 5.73 Å². The van der Waals surface area contributed by atoms with Gasteiger partial charge < -0.3 is 10.5 Å². The molecule has 0 spiro atoms. The van der Waals surface area contributed by atoms with Crippen LogP contribution in [-0.4, -0.2) is 30.1 Å². The summed E-state index contributed by atoms with van der Waals surface area (Å²) in [6.45, 7) is 6.67. The smallest absolute Gasteiger partial charge is 0.338 e. The predicted molar refractivity (Wildman–Crippen MR) is 100 cm³/mol. The summed E-state index contributed by atoms with van der Waals surface area (Å²) in [5, 5.41) is 0. The third kappa shape index (κ3) is 4.20. The van der Waals surface area contributed by atoms with Crippen LogP contribution in [-0.2, 0) is 11.3 Å². The molecule has 3 rings (SSSR count). The van der Waals surface area contributed by atoms with Crippen molar-refractivity contribution in [3.8, 4) is 0 Å². The first kappa shape index (κ1) is 17.5. The third-order valence-electron chi connectivity index (χ3n) is 5.01. The van der Waals surface area contributed by atoms with Gasteiger partial charge in [-0.15, -0.1) is 0 Å². The van der Waals surface area contributed by atoms with Crippen molar-refractivity contribution >= 4 is 11.7 Å². The maximum atomic E-state index is 12.5. The summed E-state index contributed by atoms with van der Waals surface area (Å²) in [5.74, 6) is -0.259. The van der Waals surface area contributed by atoms with Crippen LogP contribution in [0.1, 0.15) is 39.9 Å². The number of nitrogens with zero attached hydrogens (tertiary/aromatic N) is 1. The van der Waals surface area contributed by atoms with E-state index < -0.39 is 0 Å². The second-order valence-corrected chi connectivity index (χ2v) is 6.84. The van der Waals surface area contributed by atoms with Crippen LogP contribution in [0.25, 0.3) is 0 Å². The number of rotatable bonds is 4. The fraction of sp³-hybridized carbons (Fsp3) is 0.381.